The third kappa shape index (κ3) is 4.02. The molecule has 7 heteroatoms. The smallest absolute Gasteiger partial charge is 0.319 e. The summed E-state index contributed by atoms with van der Waals surface area (Å²) in [4.78, 5) is 25.7. The Morgan fingerprint density at radius 2 is 1.95 bits per heavy atom. The number of hydrogen-bond acceptors (Lipinski definition) is 6. The molecule has 1 fully saturated rings. The zero-order valence-corrected chi connectivity index (χ0v) is 13.3. The number of esters is 1. The van der Waals surface area contributed by atoms with Crippen LogP contribution in [0.15, 0.2) is 0 Å². The summed E-state index contributed by atoms with van der Waals surface area (Å²) >= 11 is 0. The largest absolute Gasteiger partial charge is 0.465 e. The van der Waals surface area contributed by atoms with Crippen molar-refractivity contribution >= 4 is 21.6 Å². The quantitative estimate of drug-likeness (QED) is 0.517. The molecule has 0 saturated carbocycles. The number of rotatable bonds is 6. The molecule has 0 aliphatic carbocycles. The van der Waals surface area contributed by atoms with Gasteiger partial charge in [0, 0.05) is 6.04 Å². The first kappa shape index (κ1) is 17.1. The van der Waals surface area contributed by atoms with Crippen LogP contribution in [-0.4, -0.2) is 62.8 Å². The number of Topliss-reactive ketones (excluding diaryl/α,β-unsaturated/α-hetero) is 1. The predicted molar refractivity (Wildman–Crippen MR) is 75.1 cm³/mol. The van der Waals surface area contributed by atoms with Gasteiger partial charge in [0.05, 0.1) is 24.7 Å². The SMILES string of the molecule is CCOC(=O)C(C)(C)C(=O)CN(C)C1CCS(=O)(=O)C1. The van der Waals surface area contributed by atoms with E-state index in [0.29, 0.717) is 6.42 Å². The fraction of sp³-hybridized carbons (Fsp3) is 0.846. The predicted octanol–water partition coefficient (Wildman–Crippen LogP) is 0.264. The lowest BCUT2D eigenvalue weighted by atomic mass is 9.87. The van der Waals surface area contributed by atoms with Crippen molar-refractivity contribution in [1.82, 2.24) is 4.90 Å². The van der Waals surface area contributed by atoms with Crippen LogP contribution < -0.4 is 0 Å². The molecule has 0 spiro atoms. The molecule has 1 aliphatic rings. The van der Waals surface area contributed by atoms with E-state index >= 15 is 0 Å². The highest BCUT2D eigenvalue weighted by molar-refractivity contribution is 7.91. The summed E-state index contributed by atoms with van der Waals surface area (Å²) in [6, 6.07) is -0.151. The summed E-state index contributed by atoms with van der Waals surface area (Å²) in [6.07, 6.45) is 0.534. The Kier molecular flexibility index (Phi) is 5.32. The molecule has 0 radical (unpaired) electrons. The lowest BCUT2D eigenvalue weighted by Gasteiger charge is -2.27. The number of carbonyl (C=O) groups excluding carboxylic acids is 2. The Bertz CT molecular complexity index is 483. The lowest BCUT2D eigenvalue weighted by Crippen LogP contribution is -2.44. The first-order chi connectivity index (χ1) is 9.10. The van der Waals surface area contributed by atoms with Crippen LogP contribution in [0.3, 0.4) is 0 Å². The summed E-state index contributed by atoms with van der Waals surface area (Å²) in [5.41, 5.74) is -1.21. The van der Waals surface area contributed by atoms with Crippen LogP contribution >= 0.6 is 0 Å². The molecule has 0 aromatic heterocycles. The van der Waals surface area contributed by atoms with E-state index in [1.165, 1.54) is 13.8 Å². The molecule has 1 unspecified atom stereocenters. The van der Waals surface area contributed by atoms with Crippen molar-refractivity contribution < 1.29 is 22.7 Å². The Hall–Kier alpha value is -0.950. The number of nitrogens with zero attached hydrogens (tertiary/aromatic N) is 1. The van der Waals surface area contributed by atoms with Crippen LogP contribution in [0.25, 0.3) is 0 Å². The van der Waals surface area contributed by atoms with Crippen molar-refractivity contribution in [3.05, 3.63) is 0 Å². The molecular weight excluding hydrogens is 282 g/mol. The number of sulfone groups is 1. The monoisotopic (exact) mass is 305 g/mol. The van der Waals surface area contributed by atoms with Crippen molar-refractivity contribution in [1.29, 1.82) is 0 Å². The molecule has 0 amide bonds. The number of ether oxygens (including phenoxy) is 1. The second-order valence-corrected chi connectivity index (χ2v) is 7.97. The number of likely N-dealkylation sites (N-methyl/N-ethyl adjacent to an activating group) is 1. The van der Waals surface area contributed by atoms with E-state index in [1.54, 1.807) is 18.9 Å². The molecule has 6 nitrogen and oxygen atoms in total. The molecule has 1 saturated heterocycles. The molecular formula is C13H23NO5S. The first-order valence-corrected chi connectivity index (χ1v) is 8.53. The maximum absolute atomic E-state index is 12.2. The topological polar surface area (TPSA) is 80.8 Å². The van der Waals surface area contributed by atoms with Gasteiger partial charge in [-0.25, -0.2) is 8.42 Å². The zero-order valence-electron chi connectivity index (χ0n) is 12.5. The van der Waals surface area contributed by atoms with Crippen LogP contribution in [0.2, 0.25) is 0 Å². The van der Waals surface area contributed by atoms with Crippen LogP contribution in [0.1, 0.15) is 27.2 Å². The second-order valence-electron chi connectivity index (χ2n) is 5.74. The Morgan fingerprint density at radius 1 is 1.35 bits per heavy atom. The van der Waals surface area contributed by atoms with Gasteiger partial charge >= 0.3 is 5.97 Å². The molecule has 1 rings (SSSR count). The van der Waals surface area contributed by atoms with E-state index in [2.05, 4.69) is 0 Å². The van der Waals surface area contributed by atoms with Crippen molar-refractivity contribution in [2.24, 2.45) is 5.41 Å². The lowest BCUT2D eigenvalue weighted by molar-refractivity contribution is -0.158. The van der Waals surface area contributed by atoms with E-state index in [9.17, 15) is 18.0 Å². The van der Waals surface area contributed by atoms with Crippen molar-refractivity contribution in [2.45, 2.75) is 33.2 Å². The Labute approximate surface area is 120 Å². The van der Waals surface area contributed by atoms with Gasteiger partial charge in [0.2, 0.25) is 0 Å². The summed E-state index contributed by atoms with van der Waals surface area (Å²) in [5.74, 6) is -0.561. The summed E-state index contributed by atoms with van der Waals surface area (Å²) in [6.45, 7) is 5.03. The highest BCUT2D eigenvalue weighted by Crippen LogP contribution is 2.22. The van der Waals surface area contributed by atoms with Gasteiger partial charge in [0.15, 0.2) is 15.6 Å². The standard InChI is InChI=1S/C13H23NO5S/c1-5-19-12(16)13(2,3)11(15)8-14(4)10-6-7-20(17,18)9-10/h10H,5-9H2,1-4H3. The molecule has 1 atom stereocenters. The Morgan fingerprint density at radius 3 is 2.40 bits per heavy atom. The van der Waals surface area contributed by atoms with Crippen LogP contribution in [0, 0.1) is 5.41 Å². The highest BCUT2D eigenvalue weighted by Gasteiger charge is 2.39. The normalized spacial score (nSPS) is 21.9. The molecule has 0 N–H and O–H groups in total. The van der Waals surface area contributed by atoms with Gasteiger partial charge in [-0.3, -0.25) is 14.5 Å². The average Bonchev–Trinajstić information content (AvgIpc) is 2.69. The maximum atomic E-state index is 12.2. The molecule has 1 heterocycles. The average molecular weight is 305 g/mol. The van der Waals surface area contributed by atoms with E-state index in [4.69, 9.17) is 4.74 Å². The molecule has 0 bridgehead atoms. The van der Waals surface area contributed by atoms with Crippen LogP contribution in [-0.2, 0) is 24.2 Å². The van der Waals surface area contributed by atoms with E-state index in [0.717, 1.165) is 0 Å². The van der Waals surface area contributed by atoms with E-state index in [-0.39, 0.29) is 36.5 Å². The van der Waals surface area contributed by atoms with Gasteiger partial charge in [0.1, 0.15) is 5.41 Å². The minimum absolute atomic E-state index is 0.0476. The highest BCUT2D eigenvalue weighted by atomic mass is 32.2. The van der Waals surface area contributed by atoms with E-state index < -0.39 is 21.2 Å². The summed E-state index contributed by atoms with van der Waals surface area (Å²) < 4.78 is 27.8. The Balaban J connectivity index is 2.64. The van der Waals surface area contributed by atoms with Gasteiger partial charge in [-0.15, -0.1) is 0 Å². The fourth-order valence-corrected chi connectivity index (χ4v) is 3.91. The zero-order chi connectivity index (χ0) is 15.6. The van der Waals surface area contributed by atoms with Crippen LogP contribution in [0.5, 0.6) is 0 Å². The van der Waals surface area contributed by atoms with Crippen LogP contribution in [0.4, 0.5) is 0 Å². The third-order valence-corrected chi connectivity index (χ3v) is 5.46. The number of carbonyl (C=O) groups is 2. The maximum Gasteiger partial charge on any atom is 0.319 e. The minimum Gasteiger partial charge on any atom is -0.465 e. The van der Waals surface area contributed by atoms with Gasteiger partial charge in [-0.1, -0.05) is 0 Å². The van der Waals surface area contributed by atoms with Crippen molar-refractivity contribution in [2.75, 3.05) is 31.7 Å². The molecule has 0 aromatic rings. The molecule has 20 heavy (non-hydrogen) atoms. The van der Waals surface area contributed by atoms with Gasteiger partial charge in [-0.2, -0.15) is 0 Å². The van der Waals surface area contributed by atoms with Crippen molar-refractivity contribution in [3.63, 3.8) is 0 Å². The van der Waals surface area contributed by atoms with Crippen molar-refractivity contribution in [3.8, 4) is 0 Å². The molecule has 1 aliphatic heterocycles. The first-order valence-electron chi connectivity index (χ1n) is 6.71. The fourth-order valence-electron chi connectivity index (χ4n) is 2.10. The minimum atomic E-state index is -2.98. The summed E-state index contributed by atoms with van der Waals surface area (Å²) in [5, 5.41) is 0. The van der Waals surface area contributed by atoms with Gasteiger partial charge in [0.25, 0.3) is 0 Å². The van der Waals surface area contributed by atoms with Gasteiger partial charge in [-0.05, 0) is 34.2 Å². The second kappa shape index (κ2) is 6.22. The molecule has 0 aromatic carbocycles. The third-order valence-electron chi connectivity index (χ3n) is 3.71. The molecule has 116 valence electrons. The number of hydrogen-bond donors (Lipinski definition) is 0. The number of ketones is 1. The van der Waals surface area contributed by atoms with E-state index in [1.807, 2.05) is 0 Å². The summed E-state index contributed by atoms with van der Waals surface area (Å²) in [7, 11) is -1.27. The van der Waals surface area contributed by atoms with Gasteiger partial charge < -0.3 is 4.74 Å².